The molecule has 1 amide bonds. The third kappa shape index (κ3) is 16.3. The zero-order valence-electron chi connectivity index (χ0n) is 40.2. The molecule has 0 saturated carbocycles. The van der Waals surface area contributed by atoms with Crippen LogP contribution in [0.3, 0.4) is 0 Å². The number of anilines is 2. The number of ether oxygens (including phenoxy) is 7. The number of nitrogens with two attached hydrogens (primary N) is 1. The van der Waals surface area contributed by atoms with E-state index >= 15 is 0 Å². The van der Waals surface area contributed by atoms with Gasteiger partial charge in [0.1, 0.15) is 53.2 Å². The van der Waals surface area contributed by atoms with Gasteiger partial charge in [0, 0.05) is 34.6 Å². The second-order valence-corrected chi connectivity index (χ2v) is 15.9. The maximum Gasteiger partial charge on any atom is 0.514 e. The lowest BCUT2D eigenvalue weighted by molar-refractivity contribution is -0.384. The average Bonchev–Trinajstić information content (AvgIpc) is 3.30. The summed E-state index contributed by atoms with van der Waals surface area (Å²) < 4.78 is 38.0. The van der Waals surface area contributed by atoms with Crippen LogP contribution in [0.15, 0.2) is 109 Å². The number of aryl methyl sites for hydroxylation is 2. The Morgan fingerprint density at radius 1 is 0.662 bits per heavy atom. The largest absolute Gasteiger partial charge is 0.514 e. The molecule has 0 radical (unpaired) electrons. The minimum Gasteiger partial charge on any atom is -0.494 e. The fraction of sp³-hybridized carbons (Fsp3) is 0.308. The summed E-state index contributed by atoms with van der Waals surface area (Å²) in [6, 6.07) is 27.6. The van der Waals surface area contributed by atoms with E-state index < -0.39 is 17.2 Å². The van der Waals surface area contributed by atoms with Gasteiger partial charge in [0.25, 0.3) is 5.69 Å². The lowest BCUT2D eigenvalue weighted by atomic mass is 9.96. The van der Waals surface area contributed by atoms with Crippen LogP contribution in [0, 0.1) is 24.0 Å². The molecule has 68 heavy (non-hydrogen) atoms. The van der Waals surface area contributed by atoms with Crippen molar-refractivity contribution in [1.82, 2.24) is 0 Å². The Kier molecular flexibility index (Phi) is 21.4. The van der Waals surface area contributed by atoms with Crippen molar-refractivity contribution in [3.05, 3.63) is 153 Å². The normalized spacial score (nSPS) is 15.7. The fourth-order valence-corrected chi connectivity index (χ4v) is 6.36. The first-order valence-electron chi connectivity index (χ1n) is 21.8. The van der Waals surface area contributed by atoms with Crippen LogP contribution in [0.1, 0.15) is 87.8 Å². The van der Waals surface area contributed by atoms with E-state index in [4.69, 9.17) is 38.9 Å². The minimum atomic E-state index is -0.882. The summed E-state index contributed by atoms with van der Waals surface area (Å²) in [6.07, 6.45) is 8.77. The minimum absolute atomic E-state index is 0. The monoisotopic (exact) mass is 969 g/mol. The molecular formula is C52H65N3O11P2. The number of carbonyl (C=O) groups excluding carboxylic acids is 2. The molecule has 2 aliphatic rings. The highest BCUT2D eigenvalue weighted by atomic mass is 31.0. The Balaban J connectivity index is 0.000000277. The Bertz CT molecular complexity index is 2520. The number of hydrogen-bond acceptors (Lipinski definition) is 12. The molecule has 7 rings (SSSR count). The van der Waals surface area contributed by atoms with Gasteiger partial charge in [0.15, 0.2) is 0 Å². The lowest BCUT2D eigenvalue weighted by Crippen LogP contribution is -2.30. The Morgan fingerprint density at radius 2 is 1.12 bits per heavy atom. The van der Waals surface area contributed by atoms with Crippen molar-refractivity contribution < 1.29 is 47.7 Å². The van der Waals surface area contributed by atoms with Gasteiger partial charge in [0.05, 0.1) is 18.1 Å². The van der Waals surface area contributed by atoms with Gasteiger partial charge in [-0.2, -0.15) is 19.8 Å². The highest BCUT2D eigenvalue weighted by molar-refractivity contribution is 6.92. The molecule has 0 fully saturated rings. The molecule has 16 heteroatoms. The molecule has 4 atom stereocenters. The van der Waals surface area contributed by atoms with Gasteiger partial charge in [-0.15, -0.1) is 0 Å². The van der Waals surface area contributed by atoms with E-state index in [-0.39, 0.29) is 55.7 Å². The number of amides is 1. The van der Waals surface area contributed by atoms with Crippen LogP contribution in [0.2, 0.25) is 0 Å². The zero-order chi connectivity index (χ0) is 47.9. The topological polar surface area (TPSA) is 180 Å². The van der Waals surface area contributed by atoms with E-state index in [1.165, 1.54) is 24.3 Å². The molecule has 0 spiro atoms. The summed E-state index contributed by atoms with van der Waals surface area (Å²) in [4.78, 5) is 33.8. The molecule has 14 nitrogen and oxygen atoms in total. The molecule has 2 heterocycles. The van der Waals surface area contributed by atoms with E-state index in [0.717, 1.165) is 74.9 Å². The Morgan fingerprint density at radius 3 is 1.59 bits per heavy atom. The summed E-state index contributed by atoms with van der Waals surface area (Å²) in [5.41, 5.74) is 12.5. The standard InChI is InChI=1S/C23H27NO4.C16H15NO6.C13H17NO.2H3P/c1-5-23(4)12-11-18-14-20(16(3)13-21(18)28-23)24-22(25)27-15-17-7-9-19(10-8-17)26-6-2;1-2-21-14-7-3-12(4-8-14)11-22-16(18)23-15-9-5-13(6-10-15)17(19)20;1-4-13(3)6-5-10-8-11(14)9(2)7-12(10)15-13;;/h7-14H,5-6,15H2,1-4H3,(H,24,25);3-10H,2,11H2,1H3;5-8H,4,14H2,1-3H3;2*1H3. The number of rotatable bonds is 13. The molecule has 0 saturated heterocycles. The number of nitro benzene ring substituents is 1. The quantitative estimate of drug-likeness (QED) is 0.0285. The van der Waals surface area contributed by atoms with Gasteiger partial charge < -0.3 is 38.9 Å². The first kappa shape index (κ1) is 55.7. The molecule has 0 aromatic heterocycles. The van der Waals surface area contributed by atoms with Crippen LogP contribution in [-0.4, -0.2) is 41.6 Å². The van der Waals surface area contributed by atoms with Gasteiger partial charge in [-0.05, 0) is 149 Å². The summed E-state index contributed by atoms with van der Waals surface area (Å²) in [5, 5.41) is 13.3. The highest BCUT2D eigenvalue weighted by Gasteiger charge is 2.27. The van der Waals surface area contributed by atoms with Crippen molar-refractivity contribution >= 4 is 61.3 Å². The molecular weight excluding hydrogens is 905 g/mol. The van der Waals surface area contributed by atoms with Gasteiger partial charge in [-0.3, -0.25) is 15.4 Å². The molecule has 0 aliphatic carbocycles. The molecule has 2 aliphatic heterocycles. The maximum absolute atomic E-state index is 12.2. The summed E-state index contributed by atoms with van der Waals surface area (Å²) in [7, 11) is 0. The van der Waals surface area contributed by atoms with Gasteiger partial charge >= 0.3 is 12.2 Å². The SMILES string of the molecule is CCC1(C)C=Cc2cc(N)c(C)cc2O1.CCOc1ccc(COC(=O)Nc2cc3c(cc2C)OC(C)(CC)C=C3)cc1.CCOc1ccc(COC(=O)Oc2ccc([N+](=O)[O-])cc2)cc1.P.P. The van der Waals surface area contributed by atoms with Crippen LogP contribution >= 0.6 is 19.8 Å². The molecule has 4 unspecified atom stereocenters. The second-order valence-electron chi connectivity index (χ2n) is 15.9. The Hall–Kier alpha value is -6.62. The number of hydrogen-bond donors (Lipinski definition) is 2. The van der Waals surface area contributed by atoms with Crippen molar-refractivity contribution in [2.75, 3.05) is 24.3 Å². The number of benzene rings is 5. The van der Waals surface area contributed by atoms with E-state index in [1.54, 1.807) is 24.3 Å². The second kappa shape index (κ2) is 26.1. The summed E-state index contributed by atoms with van der Waals surface area (Å²) in [5.74, 6) is 3.48. The van der Waals surface area contributed by atoms with E-state index in [2.05, 4.69) is 51.2 Å². The van der Waals surface area contributed by atoms with E-state index in [9.17, 15) is 19.7 Å². The van der Waals surface area contributed by atoms with E-state index in [1.807, 2.05) is 82.3 Å². The third-order valence-electron chi connectivity index (χ3n) is 10.8. The van der Waals surface area contributed by atoms with Crippen LogP contribution in [0.25, 0.3) is 12.2 Å². The van der Waals surface area contributed by atoms with Crippen LogP contribution in [-0.2, 0) is 22.7 Å². The molecule has 5 aromatic rings. The summed E-state index contributed by atoms with van der Waals surface area (Å²) in [6.45, 7) is 17.6. The Labute approximate surface area is 405 Å². The van der Waals surface area contributed by atoms with Crippen molar-refractivity contribution in [3.8, 4) is 28.7 Å². The number of carbonyl (C=O) groups is 2. The lowest BCUT2D eigenvalue weighted by Gasteiger charge is -2.31. The van der Waals surface area contributed by atoms with Crippen molar-refractivity contribution in [3.63, 3.8) is 0 Å². The van der Waals surface area contributed by atoms with Crippen LogP contribution < -0.4 is 34.7 Å². The smallest absolute Gasteiger partial charge is 0.494 e. The number of non-ortho nitro benzene ring substituents is 1. The number of fused-ring (bicyclic) bond motifs is 2. The van der Waals surface area contributed by atoms with E-state index in [0.29, 0.717) is 18.9 Å². The van der Waals surface area contributed by atoms with Gasteiger partial charge in [-0.25, -0.2) is 9.59 Å². The van der Waals surface area contributed by atoms with Gasteiger partial charge in [-0.1, -0.05) is 50.3 Å². The molecule has 3 N–H and O–H groups in total. The number of nitro groups is 1. The van der Waals surface area contributed by atoms with Crippen molar-refractivity contribution in [2.24, 2.45) is 0 Å². The number of nitrogens with one attached hydrogen (secondary N) is 1. The third-order valence-corrected chi connectivity index (χ3v) is 10.8. The first-order chi connectivity index (χ1) is 31.5. The van der Waals surface area contributed by atoms with Crippen LogP contribution in [0.5, 0.6) is 28.7 Å². The molecule has 364 valence electrons. The number of nitrogens with zero attached hydrogens (tertiary/aromatic N) is 1. The number of nitrogen functional groups attached to an aromatic ring is 1. The summed E-state index contributed by atoms with van der Waals surface area (Å²) >= 11 is 0. The maximum atomic E-state index is 12.2. The average molecular weight is 970 g/mol. The van der Waals surface area contributed by atoms with Gasteiger partial charge in [0.2, 0.25) is 0 Å². The zero-order valence-corrected chi connectivity index (χ0v) is 43.0. The van der Waals surface area contributed by atoms with Crippen molar-refractivity contribution in [2.45, 2.75) is 92.6 Å². The molecule has 5 aromatic carbocycles. The predicted octanol–water partition coefficient (Wildman–Crippen LogP) is 12.7. The van der Waals surface area contributed by atoms with Crippen LogP contribution in [0.4, 0.5) is 26.7 Å². The molecule has 0 bridgehead atoms. The predicted molar refractivity (Wildman–Crippen MR) is 279 cm³/mol. The van der Waals surface area contributed by atoms with Crippen molar-refractivity contribution in [1.29, 1.82) is 0 Å². The highest BCUT2D eigenvalue weighted by Crippen LogP contribution is 2.37. The first-order valence-corrected chi connectivity index (χ1v) is 21.8. The fourth-order valence-electron chi connectivity index (χ4n) is 6.36.